The van der Waals surface area contributed by atoms with Crippen molar-refractivity contribution in [3.8, 4) is 0 Å². The van der Waals surface area contributed by atoms with Crippen LogP contribution in [0.4, 0.5) is 17.1 Å². The summed E-state index contributed by atoms with van der Waals surface area (Å²) < 4.78 is 0. The number of hydrogen-bond acceptors (Lipinski definition) is 1. The molecule has 0 amide bonds. The topological polar surface area (TPSA) is 3.24 Å². The molecule has 1 nitrogen and oxygen atoms in total. The van der Waals surface area contributed by atoms with Crippen LogP contribution in [0.5, 0.6) is 0 Å². The van der Waals surface area contributed by atoms with Gasteiger partial charge in [-0.1, -0.05) is 127 Å². The predicted molar refractivity (Wildman–Crippen MR) is 237 cm³/mol. The Bertz CT molecular complexity index is 2080. The third-order valence-corrected chi connectivity index (χ3v) is 12.0. The van der Waals surface area contributed by atoms with Gasteiger partial charge >= 0.3 is 0 Å². The van der Waals surface area contributed by atoms with E-state index in [0.29, 0.717) is 0 Å². The third-order valence-electron chi connectivity index (χ3n) is 12.0. The molecule has 6 aromatic rings. The van der Waals surface area contributed by atoms with Crippen LogP contribution in [0.25, 0.3) is 36.5 Å². The molecule has 272 valence electrons. The number of benzene rings is 6. The smallest absolute Gasteiger partial charge is 0.0462 e. The second kappa shape index (κ2) is 16.4. The molecular weight excluding hydrogens is 663 g/mol. The zero-order valence-corrected chi connectivity index (χ0v) is 32.0. The van der Waals surface area contributed by atoms with E-state index in [1.165, 1.54) is 144 Å². The van der Waals surface area contributed by atoms with Crippen LogP contribution in [0.15, 0.2) is 127 Å². The summed E-state index contributed by atoms with van der Waals surface area (Å²) in [5.74, 6) is 0. The van der Waals surface area contributed by atoms with Gasteiger partial charge in [0, 0.05) is 17.1 Å². The van der Waals surface area contributed by atoms with E-state index in [1.54, 1.807) is 0 Å². The van der Waals surface area contributed by atoms with Gasteiger partial charge in [0.1, 0.15) is 0 Å². The van der Waals surface area contributed by atoms with Gasteiger partial charge in [-0.25, -0.2) is 0 Å². The monoisotopic (exact) mass is 713 g/mol. The van der Waals surface area contributed by atoms with Gasteiger partial charge in [0.2, 0.25) is 0 Å². The maximum absolute atomic E-state index is 2.39. The highest BCUT2D eigenvalue weighted by Gasteiger charge is 2.14. The van der Waals surface area contributed by atoms with Gasteiger partial charge in [-0.15, -0.1) is 0 Å². The van der Waals surface area contributed by atoms with Crippen LogP contribution in [0.3, 0.4) is 0 Å². The zero-order chi connectivity index (χ0) is 36.8. The van der Waals surface area contributed by atoms with Crippen LogP contribution in [0.1, 0.15) is 105 Å². The van der Waals surface area contributed by atoms with Gasteiger partial charge in [0.15, 0.2) is 0 Å². The van der Waals surface area contributed by atoms with Crippen molar-refractivity contribution in [2.75, 3.05) is 4.90 Å². The average molecular weight is 714 g/mol. The summed E-state index contributed by atoms with van der Waals surface area (Å²) in [7, 11) is 0. The molecular formula is C54H51N. The highest BCUT2D eigenvalue weighted by Crippen LogP contribution is 2.36. The van der Waals surface area contributed by atoms with Gasteiger partial charge in [0.25, 0.3) is 0 Å². The van der Waals surface area contributed by atoms with Crippen molar-refractivity contribution < 1.29 is 0 Å². The van der Waals surface area contributed by atoms with Crippen LogP contribution >= 0.6 is 0 Å². The highest BCUT2D eigenvalue weighted by molar-refractivity contribution is 5.81. The Hall–Kier alpha value is -5.66. The largest absolute Gasteiger partial charge is 0.311 e. The number of aryl methyl sites for hydroxylation is 6. The minimum Gasteiger partial charge on any atom is -0.311 e. The van der Waals surface area contributed by atoms with Crippen LogP contribution < -0.4 is 4.90 Å². The molecule has 55 heavy (non-hydrogen) atoms. The summed E-state index contributed by atoms with van der Waals surface area (Å²) >= 11 is 0. The molecule has 0 spiro atoms. The molecule has 0 atom stereocenters. The van der Waals surface area contributed by atoms with Crippen LogP contribution in [0, 0.1) is 0 Å². The molecule has 0 unspecified atom stereocenters. The SMILES string of the molecule is C(=C\c1ccc2c(c1)CCCC2)/c1ccc(N(c2ccc(/C=C/c3ccc4c(c3)CCCC4)cc2)c2ccc(/C=C/c3ccc4c(c3)CCCC4)cc2)cc1. The molecule has 6 aromatic carbocycles. The van der Waals surface area contributed by atoms with Crippen LogP contribution in [0.2, 0.25) is 0 Å². The first-order valence-corrected chi connectivity index (χ1v) is 20.7. The number of fused-ring (bicyclic) bond motifs is 3. The molecule has 0 saturated carbocycles. The third kappa shape index (κ3) is 8.37. The van der Waals surface area contributed by atoms with Crippen molar-refractivity contribution in [3.05, 3.63) is 194 Å². The molecule has 3 aliphatic carbocycles. The van der Waals surface area contributed by atoms with E-state index in [4.69, 9.17) is 0 Å². The Balaban J connectivity index is 0.965. The summed E-state index contributed by atoms with van der Waals surface area (Å²) in [6.45, 7) is 0. The quantitative estimate of drug-likeness (QED) is 0.135. The molecule has 9 rings (SSSR count). The highest BCUT2D eigenvalue weighted by atomic mass is 15.1. The normalized spacial score (nSPS) is 15.3. The number of hydrogen-bond donors (Lipinski definition) is 0. The Kier molecular flexibility index (Phi) is 10.4. The van der Waals surface area contributed by atoms with Gasteiger partial charge in [-0.05, 0) is 180 Å². The van der Waals surface area contributed by atoms with Gasteiger partial charge in [-0.3, -0.25) is 0 Å². The van der Waals surface area contributed by atoms with E-state index in [-0.39, 0.29) is 0 Å². The second-order valence-electron chi connectivity index (χ2n) is 15.8. The van der Waals surface area contributed by atoms with E-state index >= 15 is 0 Å². The lowest BCUT2D eigenvalue weighted by Gasteiger charge is -2.26. The maximum Gasteiger partial charge on any atom is 0.0462 e. The fraction of sp³-hybridized carbons (Fsp3) is 0.222. The van der Waals surface area contributed by atoms with Crippen LogP contribution in [-0.2, 0) is 38.5 Å². The Morgan fingerprint density at radius 2 is 0.491 bits per heavy atom. The van der Waals surface area contributed by atoms with Crippen LogP contribution in [-0.4, -0.2) is 0 Å². The molecule has 0 heterocycles. The summed E-state index contributed by atoms with van der Waals surface area (Å²) in [4.78, 5) is 2.37. The molecule has 0 radical (unpaired) electrons. The Morgan fingerprint density at radius 3 is 0.782 bits per heavy atom. The zero-order valence-electron chi connectivity index (χ0n) is 32.0. The summed E-state index contributed by atoms with van der Waals surface area (Å²) in [6, 6.07) is 47.9. The van der Waals surface area contributed by atoms with Crippen molar-refractivity contribution in [1.29, 1.82) is 0 Å². The van der Waals surface area contributed by atoms with E-state index in [0.717, 1.165) is 17.1 Å². The van der Waals surface area contributed by atoms with Crippen molar-refractivity contribution in [3.63, 3.8) is 0 Å². The van der Waals surface area contributed by atoms with E-state index in [9.17, 15) is 0 Å². The maximum atomic E-state index is 2.39. The fourth-order valence-corrected chi connectivity index (χ4v) is 8.80. The molecule has 0 N–H and O–H groups in total. The Labute approximate surface area is 328 Å². The van der Waals surface area contributed by atoms with Crippen molar-refractivity contribution in [2.45, 2.75) is 77.0 Å². The summed E-state index contributed by atoms with van der Waals surface area (Å²) in [5.41, 5.74) is 20.1. The first kappa shape index (κ1) is 35.1. The number of rotatable bonds is 9. The predicted octanol–water partition coefficient (Wildman–Crippen LogP) is 14.3. The molecule has 3 aliphatic rings. The van der Waals surface area contributed by atoms with Gasteiger partial charge in [0.05, 0.1) is 0 Å². The van der Waals surface area contributed by atoms with Gasteiger partial charge < -0.3 is 4.90 Å². The average Bonchev–Trinajstić information content (AvgIpc) is 3.25. The summed E-state index contributed by atoms with van der Waals surface area (Å²) in [6.07, 6.45) is 28.7. The van der Waals surface area contributed by atoms with Gasteiger partial charge in [-0.2, -0.15) is 0 Å². The first-order chi connectivity index (χ1) is 27.2. The first-order valence-electron chi connectivity index (χ1n) is 20.7. The Morgan fingerprint density at radius 1 is 0.255 bits per heavy atom. The summed E-state index contributed by atoms with van der Waals surface area (Å²) in [5, 5.41) is 0. The molecule has 0 aliphatic heterocycles. The van der Waals surface area contributed by atoms with Crippen molar-refractivity contribution >= 4 is 53.5 Å². The fourth-order valence-electron chi connectivity index (χ4n) is 8.80. The van der Waals surface area contributed by atoms with E-state index in [1.807, 2.05) is 0 Å². The van der Waals surface area contributed by atoms with E-state index in [2.05, 4.69) is 169 Å². The molecule has 0 fully saturated rings. The minimum atomic E-state index is 1.14. The van der Waals surface area contributed by atoms with E-state index < -0.39 is 0 Å². The van der Waals surface area contributed by atoms with Crippen molar-refractivity contribution in [1.82, 2.24) is 0 Å². The molecule has 1 heteroatoms. The molecule has 0 saturated heterocycles. The lowest BCUT2D eigenvalue weighted by Crippen LogP contribution is -2.09. The molecule has 0 bridgehead atoms. The minimum absolute atomic E-state index is 1.14. The second-order valence-corrected chi connectivity index (χ2v) is 15.8. The number of nitrogens with zero attached hydrogens (tertiary/aromatic N) is 1. The lowest BCUT2D eigenvalue weighted by atomic mass is 9.90. The van der Waals surface area contributed by atoms with Crippen molar-refractivity contribution in [2.24, 2.45) is 0 Å². The molecule has 0 aromatic heterocycles. The standard InChI is InChI=1S/C54H51N/c1-4-10-49-37-43(19-28-46(49)7-1)16-13-40-22-31-52(32-23-40)55(53-33-24-41(25-34-53)14-17-44-20-29-47-8-2-5-11-50(47)38-44)54-35-26-42(27-36-54)15-18-45-21-30-48-9-3-6-12-51(48)39-45/h13-39H,1-12H2/b16-13+,17-14+,18-15+. The lowest BCUT2D eigenvalue weighted by molar-refractivity contribution is 0.685. The number of anilines is 3.